The molecule has 160 valence electrons. The average molecular weight is 518 g/mol. The van der Waals surface area contributed by atoms with E-state index < -0.39 is 0 Å². The fraction of sp³-hybridized carbons (Fsp3) is 0.348. The lowest BCUT2D eigenvalue weighted by Gasteiger charge is -2.10. The van der Waals surface area contributed by atoms with Gasteiger partial charge in [0.25, 0.3) is 0 Å². The maximum atomic E-state index is 6.03. The van der Waals surface area contributed by atoms with Crippen molar-refractivity contribution in [2.75, 3.05) is 6.54 Å². The molecule has 0 saturated heterocycles. The number of benzene rings is 2. The number of aromatic nitrogens is 3. The highest BCUT2D eigenvalue weighted by Crippen LogP contribution is 2.25. The molecule has 6 nitrogen and oxygen atoms in total. The number of halogens is 1. The molecule has 0 aliphatic carbocycles. The van der Waals surface area contributed by atoms with Crippen LogP contribution in [0.15, 0.2) is 66.2 Å². The van der Waals surface area contributed by atoms with E-state index in [0.29, 0.717) is 19.0 Å². The monoisotopic (exact) mass is 518 g/mol. The van der Waals surface area contributed by atoms with Crippen LogP contribution in [0.2, 0.25) is 0 Å². The Bertz CT molecular complexity index is 890. The minimum atomic E-state index is 0. The first-order valence-electron chi connectivity index (χ1n) is 10.3. The zero-order valence-corrected chi connectivity index (χ0v) is 19.8. The van der Waals surface area contributed by atoms with Gasteiger partial charge in [-0.15, -0.1) is 24.0 Å². The van der Waals surface area contributed by atoms with Gasteiger partial charge in [-0.25, -0.2) is 14.7 Å². The van der Waals surface area contributed by atoms with E-state index in [1.165, 1.54) is 36.0 Å². The van der Waals surface area contributed by atoms with Crippen LogP contribution in [0.25, 0.3) is 11.1 Å². The topological polar surface area (TPSA) is 81.1 Å². The van der Waals surface area contributed by atoms with E-state index in [1.807, 2.05) is 10.7 Å². The average Bonchev–Trinajstić information content (AvgIpc) is 3.26. The smallest absolute Gasteiger partial charge is 0.188 e. The SMILES string of the molecule is CCCCCCNC(N)=NCc1ccccc1-c1ccc(Cn2cncn2)cc1.I. The van der Waals surface area contributed by atoms with Gasteiger partial charge in [-0.3, -0.25) is 0 Å². The summed E-state index contributed by atoms with van der Waals surface area (Å²) in [4.78, 5) is 8.52. The van der Waals surface area contributed by atoms with Crippen molar-refractivity contribution in [3.05, 3.63) is 72.3 Å². The summed E-state index contributed by atoms with van der Waals surface area (Å²) in [5, 5.41) is 7.37. The molecule has 0 radical (unpaired) electrons. The zero-order chi connectivity index (χ0) is 20.3. The Hall–Kier alpha value is -2.42. The summed E-state index contributed by atoms with van der Waals surface area (Å²) in [6.45, 7) is 4.37. The summed E-state index contributed by atoms with van der Waals surface area (Å²) in [5.74, 6) is 0.513. The minimum Gasteiger partial charge on any atom is -0.370 e. The molecule has 0 fully saturated rings. The first-order valence-corrected chi connectivity index (χ1v) is 10.3. The van der Waals surface area contributed by atoms with Gasteiger partial charge in [-0.2, -0.15) is 5.10 Å². The van der Waals surface area contributed by atoms with Crippen LogP contribution in [0, 0.1) is 0 Å². The van der Waals surface area contributed by atoms with Crippen molar-refractivity contribution in [1.29, 1.82) is 0 Å². The zero-order valence-electron chi connectivity index (χ0n) is 17.5. The summed E-state index contributed by atoms with van der Waals surface area (Å²) in [5.41, 5.74) is 10.7. The molecule has 1 heterocycles. The third-order valence-corrected chi connectivity index (χ3v) is 4.85. The Morgan fingerprint density at radius 1 is 1.07 bits per heavy atom. The molecule has 0 aliphatic rings. The largest absolute Gasteiger partial charge is 0.370 e. The number of guanidine groups is 1. The molecule has 0 aliphatic heterocycles. The first-order chi connectivity index (χ1) is 14.3. The lowest BCUT2D eigenvalue weighted by molar-refractivity contribution is 0.652. The summed E-state index contributed by atoms with van der Waals surface area (Å²) in [7, 11) is 0. The minimum absolute atomic E-state index is 0. The summed E-state index contributed by atoms with van der Waals surface area (Å²) in [6, 6.07) is 16.9. The molecule has 1 aromatic heterocycles. The predicted molar refractivity (Wildman–Crippen MR) is 134 cm³/mol. The highest BCUT2D eigenvalue weighted by molar-refractivity contribution is 14.0. The van der Waals surface area contributed by atoms with Gasteiger partial charge >= 0.3 is 0 Å². The fourth-order valence-corrected chi connectivity index (χ4v) is 3.23. The van der Waals surface area contributed by atoms with Crippen LogP contribution in [-0.2, 0) is 13.1 Å². The van der Waals surface area contributed by atoms with E-state index in [-0.39, 0.29) is 24.0 Å². The van der Waals surface area contributed by atoms with Crippen LogP contribution in [0.1, 0.15) is 43.7 Å². The lowest BCUT2D eigenvalue weighted by atomic mass is 9.98. The summed E-state index contributed by atoms with van der Waals surface area (Å²) in [6.07, 6.45) is 8.14. The Labute approximate surface area is 196 Å². The number of rotatable bonds is 10. The van der Waals surface area contributed by atoms with Crippen molar-refractivity contribution in [3.8, 4) is 11.1 Å². The van der Waals surface area contributed by atoms with Gasteiger partial charge in [0, 0.05) is 6.54 Å². The molecule has 7 heteroatoms. The molecule has 0 atom stereocenters. The second-order valence-corrected chi connectivity index (χ2v) is 7.14. The van der Waals surface area contributed by atoms with E-state index in [2.05, 4.69) is 69.8 Å². The highest BCUT2D eigenvalue weighted by Gasteiger charge is 2.05. The van der Waals surface area contributed by atoms with Crippen LogP contribution >= 0.6 is 24.0 Å². The maximum Gasteiger partial charge on any atom is 0.188 e. The van der Waals surface area contributed by atoms with Crippen LogP contribution in [-0.4, -0.2) is 27.3 Å². The number of unbranched alkanes of at least 4 members (excludes halogenated alkanes) is 3. The van der Waals surface area contributed by atoms with E-state index >= 15 is 0 Å². The molecular formula is C23H31IN6. The van der Waals surface area contributed by atoms with E-state index in [1.54, 1.807) is 12.7 Å². The third kappa shape index (κ3) is 7.44. The van der Waals surface area contributed by atoms with Crippen molar-refractivity contribution in [1.82, 2.24) is 20.1 Å². The van der Waals surface area contributed by atoms with Gasteiger partial charge in [-0.1, -0.05) is 74.7 Å². The molecule has 2 aromatic carbocycles. The number of hydrogen-bond acceptors (Lipinski definition) is 3. The van der Waals surface area contributed by atoms with E-state index in [4.69, 9.17) is 5.73 Å². The van der Waals surface area contributed by atoms with Crippen LogP contribution in [0.3, 0.4) is 0 Å². The normalized spacial score (nSPS) is 11.2. The fourth-order valence-electron chi connectivity index (χ4n) is 3.23. The van der Waals surface area contributed by atoms with Gasteiger partial charge < -0.3 is 11.1 Å². The van der Waals surface area contributed by atoms with E-state index in [0.717, 1.165) is 18.5 Å². The van der Waals surface area contributed by atoms with Crippen molar-refractivity contribution >= 4 is 29.9 Å². The van der Waals surface area contributed by atoms with Gasteiger partial charge in [0.1, 0.15) is 12.7 Å². The van der Waals surface area contributed by atoms with Gasteiger partial charge in [0.2, 0.25) is 0 Å². The van der Waals surface area contributed by atoms with Crippen LogP contribution in [0.4, 0.5) is 0 Å². The molecule has 0 bridgehead atoms. The van der Waals surface area contributed by atoms with Crippen molar-refractivity contribution in [3.63, 3.8) is 0 Å². The molecule has 3 N–H and O–H groups in total. The molecule has 3 aromatic rings. The molecular weight excluding hydrogens is 487 g/mol. The molecule has 0 unspecified atom stereocenters. The number of nitrogens with one attached hydrogen (secondary N) is 1. The maximum absolute atomic E-state index is 6.03. The summed E-state index contributed by atoms with van der Waals surface area (Å²) >= 11 is 0. The highest BCUT2D eigenvalue weighted by atomic mass is 127. The predicted octanol–water partition coefficient (Wildman–Crippen LogP) is 4.60. The van der Waals surface area contributed by atoms with Gasteiger partial charge in [0.05, 0.1) is 13.1 Å². The molecule has 0 saturated carbocycles. The lowest BCUT2D eigenvalue weighted by Crippen LogP contribution is -2.32. The van der Waals surface area contributed by atoms with Crippen molar-refractivity contribution < 1.29 is 0 Å². The van der Waals surface area contributed by atoms with Crippen molar-refractivity contribution in [2.24, 2.45) is 10.7 Å². The second kappa shape index (κ2) is 13.0. The quantitative estimate of drug-likeness (QED) is 0.178. The van der Waals surface area contributed by atoms with Gasteiger partial charge in [-0.05, 0) is 28.7 Å². The third-order valence-electron chi connectivity index (χ3n) is 4.85. The van der Waals surface area contributed by atoms with Crippen LogP contribution < -0.4 is 11.1 Å². The molecule has 0 spiro atoms. The van der Waals surface area contributed by atoms with Crippen molar-refractivity contribution in [2.45, 2.75) is 45.7 Å². The Kier molecular flexibility index (Phi) is 10.3. The molecule has 30 heavy (non-hydrogen) atoms. The number of nitrogens with two attached hydrogens (primary N) is 1. The Morgan fingerprint density at radius 2 is 1.87 bits per heavy atom. The number of aliphatic imine (C=N–C) groups is 1. The number of nitrogens with zero attached hydrogens (tertiary/aromatic N) is 4. The Morgan fingerprint density at radius 3 is 2.60 bits per heavy atom. The molecule has 0 amide bonds. The second-order valence-electron chi connectivity index (χ2n) is 7.14. The molecule has 3 rings (SSSR count). The Balaban J connectivity index is 0.00000320. The van der Waals surface area contributed by atoms with Crippen LogP contribution in [0.5, 0.6) is 0 Å². The standard InChI is InChI=1S/C23H30N6.HI/c1-2-3-4-7-14-26-23(24)27-15-21-8-5-6-9-22(21)20-12-10-19(11-13-20)16-29-18-25-17-28-29;/h5-6,8-13,17-18H,2-4,7,14-16H2,1H3,(H3,24,26,27);1H. The van der Waals surface area contributed by atoms with Gasteiger partial charge in [0.15, 0.2) is 5.96 Å². The number of hydrogen-bond donors (Lipinski definition) is 2. The first kappa shape index (κ1) is 23.9. The summed E-state index contributed by atoms with van der Waals surface area (Å²) < 4.78 is 1.82. The van der Waals surface area contributed by atoms with E-state index in [9.17, 15) is 0 Å².